The molecule has 0 bridgehead atoms. The van der Waals surface area contributed by atoms with Crippen LogP contribution in [0.5, 0.6) is 0 Å². The van der Waals surface area contributed by atoms with Crippen molar-refractivity contribution in [1.29, 1.82) is 0 Å². The fraction of sp³-hybridized carbons (Fsp3) is 0.0833. The van der Waals surface area contributed by atoms with E-state index in [1.165, 1.54) is 56.5 Å². The average molecular weight is 636 g/mol. The number of benzene rings is 2. The normalized spacial score (nSPS) is 14.2. The van der Waals surface area contributed by atoms with Gasteiger partial charge in [-0.2, -0.15) is 8.42 Å². The van der Waals surface area contributed by atoms with Crippen LogP contribution in [-0.4, -0.2) is 31.0 Å². The Morgan fingerprint density at radius 3 is 2.50 bits per heavy atom. The minimum Gasteiger partial charge on any atom is -0.296 e. The third-order valence-corrected chi connectivity index (χ3v) is 10.1. The minimum atomic E-state index is -4.11. The molecular formula is C24H19IrN2O3SSi-. The molecule has 1 N–H and O–H groups in total. The zero-order valence-electron chi connectivity index (χ0n) is 17.3. The summed E-state index contributed by atoms with van der Waals surface area (Å²) >= 11 is 0. The van der Waals surface area contributed by atoms with Gasteiger partial charge < -0.3 is 0 Å². The maximum absolute atomic E-state index is 10.3. The quantitative estimate of drug-likeness (QED) is 0.173. The molecule has 0 saturated heterocycles. The predicted octanol–water partition coefficient (Wildman–Crippen LogP) is 3.65. The van der Waals surface area contributed by atoms with Gasteiger partial charge in [-0.3, -0.25) is 9.54 Å². The van der Waals surface area contributed by atoms with Gasteiger partial charge in [0.15, 0.2) is 5.03 Å². The van der Waals surface area contributed by atoms with Crippen LogP contribution in [0.3, 0.4) is 0 Å². The molecule has 0 saturated carbocycles. The van der Waals surface area contributed by atoms with Gasteiger partial charge in [0.05, 0.1) is 13.6 Å². The van der Waals surface area contributed by atoms with Crippen molar-refractivity contribution in [2.75, 3.05) is 0 Å². The molecule has 0 atom stereocenters. The van der Waals surface area contributed by atoms with Crippen molar-refractivity contribution >= 4 is 51.6 Å². The maximum atomic E-state index is 10.3. The molecule has 5 nitrogen and oxygen atoms in total. The van der Waals surface area contributed by atoms with Crippen molar-refractivity contribution in [2.45, 2.75) is 18.1 Å². The summed E-state index contributed by atoms with van der Waals surface area (Å²) in [6, 6.07) is 20.5. The number of fused-ring (bicyclic) bond motifs is 4. The van der Waals surface area contributed by atoms with E-state index in [2.05, 4.69) is 66.6 Å². The van der Waals surface area contributed by atoms with Gasteiger partial charge >= 0.3 is 10.1 Å². The average Bonchev–Trinajstić information content (AvgIpc) is 3.28. The molecule has 1 aliphatic carbocycles. The Labute approximate surface area is 201 Å². The second-order valence-electron chi connectivity index (χ2n) is 8.05. The molecule has 2 aliphatic rings. The first-order valence-corrected chi connectivity index (χ1v) is 14.3. The van der Waals surface area contributed by atoms with E-state index in [9.17, 15) is 8.42 Å². The van der Waals surface area contributed by atoms with Crippen molar-refractivity contribution in [1.82, 2.24) is 9.97 Å². The van der Waals surface area contributed by atoms with Crippen LogP contribution in [-0.2, 0) is 30.2 Å². The van der Waals surface area contributed by atoms with Crippen molar-refractivity contribution in [3.63, 3.8) is 0 Å². The van der Waals surface area contributed by atoms with E-state index in [4.69, 9.17) is 9.54 Å². The predicted molar refractivity (Wildman–Crippen MR) is 126 cm³/mol. The number of hydrogen-bond acceptors (Lipinski definition) is 4. The summed E-state index contributed by atoms with van der Waals surface area (Å²) in [6.07, 6.45) is 5.82. The van der Waals surface area contributed by atoms with Crippen molar-refractivity contribution in [3.05, 3.63) is 78.0 Å². The first-order chi connectivity index (χ1) is 14.8. The zero-order valence-corrected chi connectivity index (χ0v) is 21.5. The van der Waals surface area contributed by atoms with Gasteiger partial charge in [0.1, 0.15) is 0 Å². The van der Waals surface area contributed by atoms with Gasteiger partial charge in [0.2, 0.25) is 0 Å². The van der Waals surface area contributed by atoms with Gasteiger partial charge in [0, 0.05) is 31.7 Å². The molecule has 163 valence electrons. The van der Waals surface area contributed by atoms with Gasteiger partial charge in [-0.1, -0.05) is 48.6 Å². The van der Waals surface area contributed by atoms with Crippen LogP contribution in [0, 0.1) is 6.07 Å². The molecule has 0 fully saturated rings. The Morgan fingerprint density at radius 1 is 1.00 bits per heavy atom. The third-order valence-electron chi connectivity index (χ3n) is 5.81. The summed E-state index contributed by atoms with van der Waals surface area (Å²) in [5.74, 6) is 0. The monoisotopic (exact) mass is 636 g/mol. The molecule has 3 heterocycles. The van der Waals surface area contributed by atoms with Crippen molar-refractivity contribution in [2.24, 2.45) is 0 Å². The van der Waals surface area contributed by atoms with E-state index in [1.54, 1.807) is 6.07 Å². The molecule has 8 heteroatoms. The minimum absolute atomic E-state index is 0. The molecule has 0 unspecified atom stereocenters. The summed E-state index contributed by atoms with van der Waals surface area (Å²) in [4.78, 5) is 8.43. The van der Waals surface area contributed by atoms with Gasteiger partial charge in [0.25, 0.3) is 0 Å². The maximum Gasteiger partial charge on any atom is 0.312 e. The molecule has 1 aliphatic heterocycles. The van der Waals surface area contributed by atoms with E-state index in [1.807, 2.05) is 6.07 Å². The fourth-order valence-electron chi connectivity index (χ4n) is 4.45. The molecule has 0 spiro atoms. The largest absolute Gasteiger partial charge is 0.312 e. The van der Waals surface area contributed by atoms with Crippen molar-refractivity contribution < 1.29 is 33.1 Å². The van der Waals surface area contributed by atoms with Crippen LogP contribution in [0.4, 0.5) is 0 Å². The smallest absolute Gasteiger partial charge is 0.296 e. The first kappa shape index (κ1) is 22.7. The number of aromatic nitrogens is 2. The molecule has 2 aromatic carbocycles. The first-order valence-electron chi connectivity index (χ1n) is 9.84. The van der Waals surface area contributed by atoms with Crippen molar-refractivity contribution in [3.8, 4) is 11.3 Å². The van der Waals surface area contributed by atoms with Crippen LogP contribution in [0.2, 0.25) is 13.1 Å². The van der Waals surface area contributed by atoms with Crippen LogP contribution in [0.15, 0.2) is 65.8 Å². The Bertz CT molecular complexity index is 1490. The molecular weight excluding hydrogens is 617 g/mol. The fourth-order valence-corrected chi connectivity index (χ4v) is 8.15. The second-order valence-corrected chi connectivity index (χ2v) is 13.7. The van der Waals surface area contributed by atoms with E-state index < -0.39 is 18.2 Å². The van der Waals surface area contributed by atoms with Gasteiger partial charge in [-0.25, -0.2) is 4.98 Å². The Morgan fingerprint density at radius 2 is 1.81 bits per heavy atom. The third kappa shape index (κ3) is 3.58. The van der Waals surface area contributed by atoms with E-state index >= 15 is 0 Å². The molecule has 0 amide bonds. The topological polar surface area (TPSA) is 80.2 Å². The SMILES string of the molecule is C[Si]1(C)c2ccc[c-]c2-c2nc3cccc4c3c(c21)C=C4.O=S(=O)(O)c1ccccn1.[Ir]. The molecule has 2 aromatic heterocycles. The Hall–Kier alpha value is -2.48. The molecule has 32 heavy (non-hydrogen) atoms. The van der Waals surface area contributed by atoms with E-state index in [0.29, 0.717) is 0 Å². The Kier molecular flexibility index (Phi) is 5.77. The van der Waals surface area contributed by atoms with Crippen LogP contribution in [0.25, 0.3) is 34.3 Å². The van der Waals surface area contributed by atoms with Gasteiger partial charge in [-0.05, 0) is 35.0 Å². The number of rotatable bonds is 1. The number of nitrogens with zero attached hydrogens (tertiary/aromatic N) is 2. The summed E-state index contributed by atoms with van der Waals surface area (Å²) in [6.45, 7) is 4.87. The number of hydrogen-bond donors (Lipinski definition) is 1. The summed E-state index contributed by atoms with van der Waals surface area (Å²) in [5.41, 5.74) is 6.23. The molecule has 6 rings (SSSR count). The van der Waals surface area contributed by atoms with Crippen LogP contribution in [0.1, 0.15) is 11.1 Å². The van der Waals surface area contributed by atoms with Gasteiger partial charge in [-0.15, -0.1) is 35.0 Å². The molecule has 1 radical (unpaired) electrons. The van der Waals surface area contributed by atoms with E-state index in [0.717, 1.165) is 5.52 Å². The van der Waals surface area contributed by atoms with Crippen LogP contribution < -0.4 is 10.4 Å². The standard InChI is InChI=1S/C19H14NSi.C5H5NO3S.Ir/c1-21(2)16-9-4-3-7-13(16)18-19(21)14-11-10-12-6-5-8-15(20-18)17(12)14;7-10(8,9)5-3-1-2-4-6-5;/h3-6,8-11H,1-2H3;1-4H,(H,7,8,9);/q-1;;. The second kappa shape index (κ2) is 8.14. The zero-order chi connectivity index (χ0) is 21.8. The summed E-state index contributed by atoms with van der Waals surface area (Å²) in [7, 11) is -5.79. The number of pyridine rings is 2. The van der Waals surface area contributed by atoms with Crippen LogP contribution >= 0.6 is 0 Å². The summed E-state index contributed by atoms with van der Waals surface area (Å²) < 4.78 is 29.1. The van der Waals surface area contributed by atoms with E-state index in [-0.39, 0.29) is 25.1 Å². The Balaban J connectivity index is 0.000000191. The molecule has 4 aromatic rings. The summed E-state index contributed by atoms with van der Waals surface area (Å²) in [5, 5.41) is 3.98.